The van der Waals surface area contributed by atoms with Crippen LogP contribution in [0.3, 0.4) is 0 Å². The minimum Gasteiger partial charge on any atom is -0.300 e. The quantitative estimate of drug-likeness (QED) is 0.727. The number of hydrogen-bond acceptors (Lipinski definition) is 2. The van der Waals surface area contributed by atoms with Gasteiger partial charge in [0.2, 0.25) is 0 Å². The van der Waals surface area contributed by atoms with Crippen molar-refractivity contribution >= 4 is 5.78 Å². The Kier molecular flexibility index (Phi) is 6.17. The molecule has 2 aromatic carbocycles. The molecule has 0 amide bonds. The summed E-state index contributed by atoms with van der Waals surface area (Å²) in [6.45, 7) is 4.46. The summed E-state index contributed by atoms with van der Waals surface area (Å²) in [7, 11) is 0. The van der Waals surface area contributed by atoms with Crippen LogP contribution in [0.5, 0.6) is 0 Å². The van der Waals surface area contributed by atoms with Crippen molar-refractivity contribution < 1.29 is 4.79 Å². The Balaban J connectivity index is 1.97. The second-order valence-corrected chi connectivity index (χ2v) is 5.49. The van der Waals surface area contributed by atoms with Crippen LogP contribution in [0.25, 0.3) is 0 Å². The molecule has 2 aromatic rings. The fourth-order valence-electron chi connectivity index (χ4n) is 2.45. The van der Waals surface area contributed by atoms with Crippen molar-refractivity contribution in [2.45, 2.75) is 32.9 Å². The van der Waals surface area contributed by atoms with Gasteiger partial charge in [-0.1, -0.05) is 60.7 Å². The number of rotatable bonds is 8. The predicted molar refractivity (Wildman–Crippen MR) is 86.9 cm³/mol. The van der Waals surface area contributed by atoms with Gasteiger partial charge in [0.25, 0.3) is 0 Å². The molecule has 0 aliphatic rings. The number of ketones is 1. The zero-order valence-electron chi connectivity index (χ0n) is 12.7. The molecule has 110 valence electrons. The number of hydrogen-bond donors (Lipinski definition) is 0. The second kappa shape index (κ2) is 8.38. The lowest BCUT2D eigenvalue weighted by molar-refractivity contribution is -0.117. The number of Topliss-reactive ketones (excluding diaryl/α,β-unsaturated/α-hetero) is 1. The number of nitrogens with zero attached hydrogens (tertiary/aromatic N) is 1. The van der Waals surface area contributed by atoms with Crippen molar-refractivity contribution in [3.63, 3.8) is 0 Å². The van der Waals surface area contributed by atoms with Crippen LogP contribution in [0.15, 0.2) is 60.7 Å². The molecule has 21 heavy (non-hydrogen) atoms. The molecule has 2 heteroatoms. The van der Waals surface area contributed by atoms with Crippen LogP contribution in [-0.4, -0.2) is 17.2 Å². The molecule has 0 heterocycles. The van der Waals surface area contributed by atoms with Crippen molar-refractivity contribution in [1.82, 2.24) is 4.90 Å². The SMILES string of the molecule is CC(=O)CCCN(Cc1ccccc1)Cc1ccccc1. The smallest absolute Gasteiger partial charge is 0.129 e. The first-order valence-electron chi connectivity index (χ1n) is 7.53. The van der Waals surface area contributed by atoms with Crippen molar-refractivity contribution in [2.75, 3.05) is 6.54 Å². The van der Waals surface area contributed by atoms with E-state index in [1.165, 1.54) is 11.1 Å². The summed E-state index contributed by atoms with van der Waals surface area (Å²) in [6, 6.07) is 21.0. The van der Waals surface area contributed by atoms with Crippen molar-refractivity contribution in [3.8, 4) is 0 Å². The first kappa shape index (κ1) is 15.5. The molecule has 2 nitrogen and oxygen atoms in total. The fraction of sp³-hybridized carbons (Fsp3) is 0.316. The van der Waals surface area contributed by atoms with E-state index in [2.05, 4.69) is 53.4 Å². The van der Waals surface area contributed by atoms with Crippen LogP contribution in [0, 0.1) is 0 Å². The molecule has 0 spiro atoms. The van der Waals surface area contributed by atoms with Crippen molar-refractivity contribution in [1.29, 1.82) is 0 Å². The van der Waals surface area contributed by atoms with E-state index in [-0.39, 0.29) is 5.78 Å². The van der Waals surface area contributed by atoms with Crippen LogP contribution in [0.4, 0.5) is 0 Å². The van der Waals surface area contributed by atoms with E-state index in [1.54, 1.807) is 6.92 Å². The highest BCUT2D eigenvalue weighted by Gasteiger charge is 2.07. The molecule has 0 atom stereocenters. The maximum atomic E-state index is 11.1. The lowest BCUT2D eigenvalue weighted by Crippen LogP contribution is -2.24. The largest absolute Gasteiger partial charge is 0.300 e. The van der Waals surface area contributed by atoms with E-state index < -0.39 is 0 Å². The van der Waals surface area contributed by atoms with Gasteiger partial charge >= 0.3 is 0 Å². The van der Waals surface area contributed by atoms with E-state index in [1.807, 2.05) is 12.1 Å². The highest BCUT2D eigenvalue weighted by Crippen LogP contribution is 2.11. The van der Waals surface area contributed by atoms with Gasteiger partial charge in [0.1, 0.15) is 5.78 Å². The molecule has 0 bridgehead atoms. The summed E-state index contributed by atoms with van der Waals surface area (Å²) in [5.74, 6) is 0.273. The monoisotopic (exact) mass is 281 g/mol. The molecule has 0 radical (unpaired) electrons. The molecular weight excluding hydrogens is 258 g/mol. The Labute approximate surface area is 127 Å². The molecule has 0 saturated carbocycles. The number of benzene rings is 2. The molecule has 0 fully saturated rings. The normalized spacial score (nSPS) is 10.8. The Morgan fingerprint density at radius 3 is 1.76 bits per heavy atom. The van der Waals surface area contributed by atoms with E-state index in [9.17, 15) is 4.79 Å². The average Bonchev–Trinajstić information content (AvgIpc) is 2.49. The lowest BCUT2D eigenvalue weighted by Gasteiger charge is -2.22. The molecule has 0 saturated heterocycles. The third-order valence-corrected chi connectivity index (χ3v) is 3.50. The van der Waals surface area contributed by atoms with Crippen LogP contribution >= 0.6 is 0 Å². The summed E-state index contributed by atoms with van der Waals surface area (Å²) in [5.41, 5.74) is 2.63. The van der Waals surface area contributed by atoms with Gasteiger partial charge in [0, 0.05) is 19.5 Å². The number of carbonyl (C=O) groups excluding carboxylic acids is 1. The van der Waals surface area contributed by atoms with E-state index in [0.29, 0.717) is 6.42 Å². The van der Waals surface area contributed by atoms with E-state index >= 15 is 0 Å². The van der Waals surface area contributed by atoms with Crippen molar-refractivity contribution in [3.05, 3.63) is 71.8 Å². The third-order valence-electron chi connectivity index (χ3n) is 3.50. The average molecular weight is 281 g/mol. The van der Waals surface area contributed by atoms with Crippen LogP contribution in [0.1, 0.15) is 30.9 Å². The summed E-state index contributed by atoms with van der Waals surface area (Å²) in [4.78, 5) is 13.5. The van der Waals surface area contributed by atoms with Crippen LogP contribution in [-0.2, 0) is 17.9 Å². The van der Waals surface area contributed by atoms with Gasteiger partial charge in [-0.15, -0.1) is 0 Å². The van der Waals surface area contributed by atoms with Crippen LogP contribution in [0.2, 0.25) is 0 Å². The van der Waals surface area contributed by atoms with Gasteiger partial charge in [-0.2, -0.15) is 0 Å². The topological polar surface area (TPSA) is 20.3 Å². The first-order valence-corrected chi connectivity index (χ1v) is 7.53. The summed E-state index contributed by atoms with van der Waals surface area (Å²) in [5, 5.41) is 0. The zero-order chi connectivity index (χ0) is 14.9. The maximum Gasteiger partial charge on any atom is 0.129 e. The molecule has 0 unspecified atom stereocenters. The van der Waals surface area contributed by atoms with E-state index in [4.69, 9.17) is 0 Å². The van der Waals surface area contributed by atoms with Crippen LogP contribution < -0.4 is 0 Å². The number of carbonyl (C=O) groups is 1. The Morgan fingerprint density at radius 1 is 0.857 bits per heavy atom. The molecule has 0 aromatic heterocycles. The zero-order valence-corrected chi connectivity index (χ0v) is 12.7. The Bertz CT molecular complexity index is 495. The second-order valence-electron chi connectivity index (χ2n) is 5.49. The third kappa shape index (κ3) is 5.92. The maximum absolute atomic E-state index is 11.1. The van der Waals surface area contributed by atoms with Gasteiger partial charge in [-0.05, 0) is 31.0 Å². The molecular formula is C19H23NO. The lowest BCUT2D eigenvalue weighted by atomic mass is 10.1. The van der Waals surface area contributed by atoms with Gasteiger partial charge in [-0.3, -0.25) is 4.90 Å². The highest BCUT2D eigenvalue weighted by molar-refractivity contribution is 5.75. The standard InChI is InChI=1S/C19H23NO/c1-17(21)9-8-14-20(15-18-10-4-2-5-11-18)16-19-12-6-3-7-13-19/h2-7,10-13H,8-9,14-16H2,1H3. The minimum atomic E-state index is 0.273. The fourth-order valence-corrected chi connectivity index (χ4v) is 2.45. The highest BCUT2D eigenvalue weighted by atomic mass is 16.1. The van der Waals surface area contributed by atoms with Crippen molar-refractivity contribution in [2.24, 2.45) is 0 Å². The Morgan fingerprint density at radius 2 is 1.33 bits per heavy atom. The summed E-state index contributed by atoms with van der Waals surface area (Å²) < 4.78 is 0. The van der Waals surface area contributed by atoms with E-state index in [0.717, 1.165) is 26.1 Å². The minimum absolute atomic E-state index is 0.273. The Hall–Kier alpha value is -1.93. The van der Waals surface area contributed by atoms with Gasteiger partial charge < -0.3 is 4.79 Å². The van der Waals surface area contributed by atoms with Gasteiger partial charge in [-0.25, -0.2) is 0 Å². The van der Waals surface area contributed by atoms with Gasteiger partial charge in [0.05, 0.1) is 0 Å². The first-order chi connectivity index (χ1) is 10.2. The molecule has 0 aliphatic carbocycles. The predicted octanol–water partition coefficient (Wildman–Crippen LogP) is 4.06. The molecule has 0 aliphatic heterocycles. The molecule has 0 N–H and O–H groups in total. The summed E-state index contributed by atoms with van der Waals surface area (Å²) in [6.07, 6.45) is 1.59. The molecule has 2 rings (SSSR count). The summed E-state index contributed by atoms with van der Waals surface area (Å²) >= 11 is 0. The van der Waals surface area contributed by atoms with Gasteiger partial charge in [0.15, 0.2) is 0 Å².